The standard InChI is InChI=1S/C9H8BrF3N2O/c10-6-4-14-15(5-2-1-3-5)7(6)8(16)9(11,12)13/h4-5H,1-3H2. The molecular weight excluding hydrogens is 289 g/mol. The van der Waals surface area contributed by atoms with Crippen LogP contribution in [0.4, 0.5) is 13.2 Å². The summed E-state index contributed by atoms with van der Waals surface area (Å²) in [6.07, 6.45) is -1.12. The van der Waals surface area contributed by atoms with Crippen LogP contribution >= 0.6 is 15.9 Å². The number of hydrogen-bond donors (Lipinski definition) is 0. The third-order valence-corrected chi connectivity index (χ3v) is 3.22. The van der Waals surface area contributed by atoms with Gasteiger partial charge in [0, 0.05) is 0 Å². The zero-order valence-corrected chi connectivity index (χ0v) is 9.68. The SMILES string of the molecule is O=C(c1c(Br)cnn1C1CCC1)C(F)(F)F. The Balaban J connectivity index is 2.38. The Morgan fingerprint density at radius 2 is 2.12 bits per heavy atom. The van der Waals surface area contributed by atoms with Crippen LogP contribution in [0.15, 0.2) is 10.7 Å². The molecule has 88 valence electrons. The van der Waals surface area contributed by atoms with Crippen molar-refractivity contribution < 1.29 is 18.0 Å². The molecule has 0 radical (unpaired) electrons. The van der Waals surface area contributed by atoms with E-state index in [1.807, 2.05) is 0 Å². The van der Waals surface area contributed by atoms with E-state index in [4.69, 9.17) is 0 Å². The average Bonchev–Trinajstić information content (AvgIpc) is 2.42. The van der Waals surface area contributed by atoms with Crippen molar-refractivity contribution in [3.63, 3.8) is 0 Å². The molecule has 0 atom stereocenters. The molecule has 16 heavy (non-hydrogen) atoms. The number of halogens is 4. The first-order chi connectivity index (χ1) is 7.41. The molecule has 3 nitrogen and oxygen atoms in total. The maximum Gasteiger partial charge on any atom is 0.456 e. The fraction of sp³-hybridized carbons (Fsp3) is 0.556. The van der Waals surface area contributed by atoms with Crippen molar-refractivity contribution in [3.05, 3.63) is 16.4 Å². The van der Waals surface area contributed by atoms with Crippen molar-refractivity contribution in [1.82, 2.24) is 9.78 Å². The van der Waals surface area contributed by atoms with Crippen molar-refractivity contribution in [1.29, 1.82) is 0 Å². The average molecular weight is 297 g/mol. The van der Waals surface area contributed by atoms with Gasteiger partial charge in [0.15, 0.2) is 0 Å². The van der Waals surface area contributed by atoms with Crippen LogP contribution < -0.4 is 0 Å². The molecule has 0 aromatic carbocycles. The van der Waals surface area contributed by atoms with Crippen molar-refractivity contribution in [2.45, 2.75) is 31.5 Å². The molecule has 1 fully saturated rings. The van der Waals surface area contributed by atoms with Gasteiger partial charge in [0.2, 0.25) is 0 Å². The van der Waals surface area contributed by atoms with Crippen LogP contribution in [0.3, 0.4) is 0 Å². The molecule has 0 spiro atoms. The number of nitrogens with zero attached hydrogens (tertiary/aromatic N) is 2. The maximum atomic E-state index is 12.3. The Morgan fingerprint density at radius 3 is 2.56 bits per heavy atom. The van der Waals surface area contributed by atoms with Gasteiger partial charge in [-0.15, -0.1) is 0 Å². The van der Waals surface area contributed by atoms with Crippen molar-refractivity contribution in [2.75, 3.05) is 0 Å². The molecule has 1 aliphatic rings. The van der Waals surface area contributed by atoms with Crippen LogP contribution in [0.5, 0.6) is 0 Å². The van der Waals surface area contributed by atoms with Crippen LogP contribution in [-0.2, 0) is 0 Å². The Labute approximate surface area is 97.7 Å². The number of ketones is 1. The van der Waals surface area contributed by atoms with Gasteiger partial charge in [-0.2, -0.15) is 18.3 Å². The molecule has 1 heterocycles. The van der Waals surface area contributed by atoms with Gasteiger partial charge >= 0.3 is 6.18 Å². The second-order valence-corrected chi connectivity index (χ2v) is 4.55. The predicted molar refractivity (Wildman–Crippen MR) is 53.2 cm³/mol. The Morgan fingerprint density at radius 1 is 1.50 bits per heavy atom. The van der Waals surface area contributed by atoms with E-state index in [2.05, 4.69) is 21.0 Å². The smallest absolute Gasteiger partial charge is 0.282 e. The first-order valence-electron chi connectivity index (χ1n) is 4.76. The monoisotopic (exact) mass is 296 g/mol. The number of hydrogen-bond acceptors (Lipinski definition) is 2. The molecule has 2 rings (SSSR count). The third-order valence-electron chi connectivity index (χ3n) is 2.64. The lowest BCUT2D eigenvalue weighted by Gasteiger charge is -2.27. The molecular formula is C9H8BrF3N2O. The lowest BCUT2D eigenvalue weighted by Crippen LogP contribution is -2.29. The van der Waals surface area contributed by atoms with E-state index in [9.17, 15) is 18.0 Å². The van der Waals surface area contributed by atoms with E-state index in [1.165, 1.54) is 10.9 Å². The van der Waals surface area contributed by atoms with Gasteiger partial charge in [-0.3, -0.25) is 9.48 Å². The summed E-state index contributed by atoms with van der Waals surface area (Å²) in [7, 11) is 0. The maximum absolute atomic E-state index is 12.3. The van der Waals surface area contributed by atoms with Crippen molar-refractivity contribution >= 4 is 21.7 Å². The normalized spacial score (nSPS) is 17.2. The number of carbonyl (C=O) groups excluding carboxylic acids is 1. The van der Waals surface area contributed by atoms with E-state index in [0.29, 0.717) is 0 Å². The molecule has 0 saturated heterocycles. The number of rotatable bonds is 2. The second-order valence-electron chi connectivity index (χ2n) is 3.70. The van der Waals surface area contributed by atoms with Gasteiger partial charge in [0.1, 0.15) is 5.69 Å². The van der Waals surface area contributed by atoms with E-state index in [0.717, 1.165) is 19.3 Å². The highest BCUT2D eigenvalue weighted by atomic mass is 79.9. The summed E-state index contributed by atoms with van der Waals surface area (Å²) >= 11 is 2.93. The van der Waals surface area contributed by atoms with Crippen molar-refractivity contribution in [2.24, 2.45) is 0 Å². The van der Waals surface area contributed by atoms with E-state index >= 15 is 0 Å². The highest BCUT2D eigenvalue weighted by molar-refractivity contribution is 9.10. The molecule has 0 amide bonds. The van der Waals surface area contributed by atoms with Gasteiger partial charge in [0.25, 0.3) is 5.78 Å². The Hall–Kier alpha value is -0.850. The summed E-state index contributed by atoms with van der Waals surface area (Å²) in [4.78, 5) is 11.2. The van der Waals surface area contributed by atoms with Gasteiger partial charge < -0.3 is 0 Å². The second kappa shape index (κ2) is 3.87. The summed E-state index contributed by atoms with van der Waals surface area (Å²) in [5, 5.41) is 3.82. The number of aromatic nitrogens is 2. The summed E-state index contributed by atoms with van der Waals surface area (Å²) in [6.45, 7) is 0. The number of alkyl halides is 3. The summed E-state index contributed by atoms with van der Waals surface area (Å²) in [5.74, 6) is -1.84. The Kier molecular flexibility index (Phi) is 2.81. The van der Waals surface area contributed by atoms with E-state index < -0.39 is 17.7 Å². The van der Waals surface area contributed by atoms with Gasteiger partial charge in [0.05, 0.1) is 16.7 Å². The minimum Gasteiger partial charge on any atom is -0.282 e. The van der Waals surface area contributed by atoms with Crippen LogP contribution in [0.25, 0.3) is 0 Å². The summed E-state index contributed by atoms with van der Waals surface area (Å²) < 4.78 is 38.3. The van der Waals surface area contributed by atoms with Gasteiger partial charge in [-0.1, -0.05) is 0 Å². The van der Waals surface area contributed by atoms with E-state index in [1.54, 1.807) is 0 Å². The highest BCUT2D eigenvalue weighted by Gasteiger charge is 2.43. The van der Waals surface area contributed by atoms with Crippen molar-refractivity contribution in [3.8, 4) is 0 Å². The minimum atomic E-state index is -4.86. The van der Waals surface area contributed by atoms with Gasteiger partial charge in [-0.25, -0.2) is 0 Å². The number of Topliss-reactive ketones (excluding diaryl/α,β-unsaturated/α-hetero) is 1. The quantitative estimate of drug-likeness (QED) is 0.786. The van der Waals surface area contributed by atoms with Gasteiger partial charge in [-0.05, 0) is 35.2 Å². The zero-order valence-electron chi connectivity index (χ0n) is 8.09. The van der Waals surface area contributed by atoms with Crippen LogP contribution in [0.1, 0.15) is 35.8 Å². The fourth-order valence-electron chi connectivity index (χ4n) is 1.60. The van der Waals surface area contributed by atoms with Crippen LogP contribution in [0.2, 0.25) is 0 Å². The van der Waals surface area contributed by atoms with Crippen LogP contribution in [-0.4, -0.2) is 21.7 Å². The molecule has 0 N–H and O–H groups in total. The fourth-order valence-corrected chi connectivity index (χ4v) is 2.05. The summed E-state index contributed by atoms with van der Waals surface area (Å²) in [6, 6.07) is -0.0763. The van der Waals surface area contributed by atoms with Crippen LogP contribution in [0, 0.1) is 0 Å². The number of carbonyl (C=O) groups is 1. The zero-order chi connectivity index (χ0) is 11.9. The highest BCUT2D eigenvalue weighted by Crippen LogP contribution is 2.35. The molecule has 1 aliphatic carbocycles. The molecule has 1 aromatic rings. The molecule has 1 aromatic heterocycles. The molecule has 1 saturated carbocycles. The lowest BCUT2D eigenvalue weighted by molar-refractivity contribution is -0.0893. The van der Waals surface area contributed by atoms with E-state index in [-0.39, 0.29) is 10.5 Å². The largest absolute Gasteiger partial charge is 0.456 e. The Bertz CT molecular complexity index is 423. The third kappa shape index (κ3) is 1.88. The first kappa shape index (κ1) is 11.6. The molecule has 0 bridgehead atoms. The molecule has 7 heteroatoms. The first-order valence-corrected chi connectivity index (χ1v) is 5.55. The lowest BCUT2D eigenvalue weighted by atomic mass is 9.93. The topological polar surface area (TPSA) is 34.9 Å². The summed E-state index contributed by atoms with van der Waals surface area (Å²) in [5.41, 5.74) is -0.391. The molecule has 0 unspecified atom stereocenters. The predicted octanol–water partition coefficient (Wildman–Crippen LogP) is 3.12. The minimum absolute atomic E-state index is 0.0763. The molecule has 0 aliphatic heterocycles.